The molecule has 72 valence electrons. The van der Waals surface area contributed by atoms with Gasteiger partial charge in [-0.1, -0.05) is 31.9 Å². The summed E-state index contributed by atoms with van der Waals surface area (Å²) in [6.07, 6.45) is 0. The monoisotopic (exact) mass is 305 g/mol. The minimum atomic E-state index is 1.04. The number of rotatable bonds is 3. The van der Waals surface area contributed by atoms with Crippen LogP contribution in [0.25, 0.3) is 0 Å². The molecule has 0 heterocycles. The molecule has 0 radical (unpaired) electrons. The van der Waals surface area contributed by atoms with Gasteiger partial charge in [0.2, 0.25) is 0 Å². The summed E-state index contributed by atoms with van der Waals surface area (Å²) in [4.78, 5) is 2.32. The minimum absolute atomic E-state index is 1.04. The lowest BCUT2D eigenvalue weighted by molar-refractivity contribution is 0.865. The highest BCUT2D eigenvalue weighted by molar-refractivity contribution is 9.11. The summed E-state index contributed by atoms with van der Waals surface area (Å²) in [5, 5.41) is 0. The summed E-state index contributed by atoms with van der Waals surface area (Å²) in [5.74, 6) is 0. The molecule has 1 rings (SSSR count). The number of halogens is 2. The maximum absolute atomic E-state index is 3.48. The molecule has 0 amide bonds. The second-order valence-electron chi connectivity index (χ2n) is 2.80. The largest absolute Gasteiger partial charge is 0.372 e. The van der Waals surface area contributed by atoms with Crippen LogP contribution in [-0.2, 0) is 0 Å². The summed E-state index contributed by atoms with van der Waals surface area (Å²) in [7, 11) is 0. The van der Waals surface area contributed by atoms with Crippen LogP contribution in [0.15, 0.2) is 27.1 Å². The van der Waals surface area contributed by atoms with Gasteiger partial charge in [-0.15, -0.1) is 0 Å². The Morgan fingerprint density at radius 3 is 1.85 bits per heavy atom. The standard InChI is InChI=1S/C10H13Br2N/c1-3-13(4-2)10-6-8(11)5-9(12)7-10/h5-7H,3-4H2,1-2H3. The van der Waals surface area contributed by atoms with Crippen molar-refractivity contribution in [2.75, 3.05) is 18.0 Å². The Bertz CT molecular complexity index is 262. The lowest BCUT2D eigenvalue weighted by Gasteiger charge is -2.21. The average Bonchev–Trinajstić information content (AvgIpc) is 2.04. The van der Waals surface area contributed by atoms with Crippen molar-refractivity contribution in [1.29, 1.82) is 0 Å². The Kier molecular flexibility index (Phi) is 4.26. The summed E-state index contributed by atoms with van der Waals surface area (Å²) in [6, 6.07) is 6.32. The fourth-order valence-corrected chi connectivity index (χ4v) is 2.58. The van der Waals surface area contributed by atoms with Gasteiger partial charge in [-0.05, 0) is 32.0 Å². The van der Waals surface area contributed by atoms with Crippen molar-refractivity contribution >= 4 is 37.5 Å². The zero-order valence-corrected chi connectivity index (χ0v) is 11.0. The quantitative estimate of drug-likeness (QED) is 0.814. The molecule has 1 nitrogen and oxygen atoms in total. The molecule has 0 atom stereocenters. The smallest absolute Gasteiger partial charge is 0.0388 e. The van der Waals surface area contributed by atoms with E-state index >= 15 is 0 Å². The molecule has 0 aliphatic heterocycles. The van der Waals surface area contributed by atoms with E-state index in [1.165, 1.54) is 5.69 Å². The van der Waals surface area contributed by atoms with Crippen LogP contribution < -0.4 is 4.90 Å². The lowest BCUT2D eigenvalue weighted by atomic mass is 10.3. The first-order valence-corrected chi connectivity index (χ1v) is 5.97. The van der Waals surface area contributed by atoms with E-state index in [0.29, 0.717) is 0 Å². The third kappa shape index (κ3) is 2.99. The fraction of sp³-hybridized carbons (Fsp3) is 0.400. The van der Waals surface area contributed by atoms with Gasteiger partial charge in [0.15, 0.2) is 0 Å². The van der Waals surface area contributed by atoms with Crippen molar-refractivity contribution in [3.63, 3.8) is 0 Å². The maximum Gasteiger partial charge on any atom is 0.0388 e. The van der Waals surface area contributed by atoms with Crippen LogP contribution in [0.2, 0.25) is 0 Å². The van der Waals surface area contributed by atoms with E-state index in [1.807, 2.05) is 6.07 Å². The van der Waals surface area contributed by atoms with Crippen LogP contribution in [0.4, 0.5) is 5.69 Å². The van der Waals surface area contributed by atoms with E-state index in [-0.39, 0.29) is 0 Å². The highest BCUT2D eigenvalue weighted by Crippen LogP contribution is 2.25. The Morgan fingerprint density at radius 2 is 1.46 bits per heavy atom. The molecule has 3 heteroatoms. The molecule has 0 fully saturated rings. The molecule has 0 bridgehead atoms. The normalized spacial score (nSPS) is 10.2. The lowest BCUT2D eigenvalue weighted by Crippen LogP contribution is -2.21. The molecule has 1 aromatic rings. The number of nitrogens with zero attached hydrogens (tertiary/aromatic N) is 1. The average molecular weight is 307 g/mol. The van der Waals surface area contributed by atoms with Crippen molar-refractivity contribution in [1.82, 2.24) is 0 Å². The van der Waals surface area contributed by atoms with Gasteiger partial charge >= 0.3 is 0 Å². The van der Waals surface area contributed by atoms with Crippen LogP contribution in [-0.4, -0.2) is 13.1 Å². The second kappa shape index (κ2) is 5.01. The molecule has 0 unspecified atom stereocenters. The van der Waals surface area contributed by atoms with Crippen molar-refractivity contribution < 1.29 is 0 Å². The third-order valence-corrected chi connectivity index (χ3v) is 2.89. The van der Waals surface area contributed by atoms with Gasteiger partial charge in [-0.25, -0.2) is 0 Å². The maximum atomic E-state index is 3.48. The summed E-state index contributed by atoms with van der Waals surface area (Å²) < 4.78 is 2.23. The molecule has 13 heavy (non-hydrogen) atoms. The van der Waals surface area contributed by atoms with Gasteiger partial charge in [0.05, 0.1) is 0 Å². The van der Waals surface area contributed by atoms with Crippen LogP contribution in [0, 0.1) is 0 Å². The van der Waals surface area contributed by atoms with Crippen molar-refractivity contribution in [3.8, 4) is 0 Å². The Balaban J connectivity index is 2.99. The topological polar surface area (TPSA) is 3.24 Å². The third-order valence-electron chi connectivity index (χ3n) is 1.98. The highest BCUT2D eigenvalue weighted by atomic mass is 79.9. The summed E-state index contributed by atoms with van der Waals surface area (Å²) >= 11 is 6.97. The van der Waals surface area contributed by atoms with Crippen molar-refractivity contribution in [3.05, 3.63) is 27.1 Å². The molecule has 0 spiro atoms. The molecule has 0 saturated carbocycles. The summed E-state index contributed by atoms with van der Waals surface area (Å²) in [5.41, 5.74) is 1.26. The number of anilines is 1. The van der Waals surface area contributed by atoms with Gasteiger partial charge in [-0.3, -0.25) is 0 Å². The van der Waals surface area contributed by atoms with Gasteiger partial charge in [0.25, 0.3) is 0 Å². The van der Waals surface area contributed by atoms with Gasteiger partial charge in [0.1, 0.15) is 0 Å². The number of benzene rings is 1. The van der Waals surface area contributed by atoms with Crippen molar-refractivity contribution in [2.45, 2.75) is 13.8 Å². The van der Waals surface area contributed by atoms with E-state index in [2.05, 4.69) is 62.7 Å². The highest BCUT2D eigenvalue weighted by Gasteiger charge is 2.03. The molecule has 0 saturated heterocycles. The van der Waals surface area contributed by atoms with E-state index in [1.54, 1.807) is 0 Å². The Hall–Kier alpha value is -0.0200. The van der Waals surface area contributed by atoms with E-state index in [9.17, 15) is 0 Å². The SMILES string of the molecule is CCN(CC)c1cc(Br)cc(Br)c1. The van der Waals surface area contributed by atoms with Crippen LogP contribution in [0.1, 0.15) is 13.8 Å². The van der Waals surface area contributed by atoms with Gasteiger partial charge < -0.3 is 4.90 Å². The first-order valence-electron chi connectivity index (χ1n) is 4.38. The van der Waals surface area contributed by atoms with E-state index < -0.39 is 0 Å². The second-order valence-corrected chi connectivity index (χ2v) is 4.63. The zero-order chi connectivity index (χ0) is 9.84. The Labute approximate surface area is 96.4 Å². The molecule has 0 aliphatic carbocycles. The van der Waals surface area contributed by atoms with Crippen molar-refractivity contribution in [2.24, 2.45) is 0 Å². The first-order chi connectivity index (χ1) is 6.17. The predicted octanol–water partition coefficient (Wildman–Crippen LogP) is 4.06. The fourth-order valence-electron chi connectivity index (χ4n) is 1.31. The van der Waals surface area contributed by atoms with Crippen LogP contribution >= 0.6 is 31.9 Å². The molecule has 0 N–H and O–H groups in total. The first kappa shape index (κ1) is 11.1. The van der Waals surface area contributed by atoms with E-state index in [0.717, 1.165) is 22.0 Å². The van der Waals surface area contributed by atoms with Crippen LogP contribution in [0.5, 0.6) is 0 Å². The van der Waals surface area contributed by atoms with Gasteiger partial charge in [0, 0.05) is 27.7 Å². The zero-order valence-electron chi connectivity index (χ0n) is 7.85. The number of hydrogen-bond acceptors (Lipinski definition) is 1. The Morgan fingerprint density at radius 1 is 1.00 bits per heavy atom. The van der Waals surface area contributed by atoms with Crippen LogP contribution in [0.3, 0.4) is 0 Å². The van der Waals surface area contributed by atoms with Gasteiger partial charge in [-0.2, -0.15) is 0 Å². The molecule has 1 aromatic carbocycles. The molecule has 0 aliphatic rings. The summed E-state index contributed by atoms with van der Waals surface area (Å²) in [6.45, 7) is 6.41. The minimum Gasteiger partial charge on any atom is -0.372 e. The van der Waals surface area contributed by atoms with E-state index in [4.69, 9.17) is 0 Å². The number of hydrogen-bond donors (Lipinski definition) is 0. The molecular formula is C10H13Br2N. The predicted molar refractivity (Wildman–Crippen MR) is 65.4 cm³/mol. The molecule has 0 aromatic heterocycles. The molecular weight excluding hydrogens is 294 g/mol.